The molecule has 164 valence electrons. The fourth-order valence-corrected chi connectivity index (χ4v) is 6.43. The van der Waals surface area contributed by atoms with E-state index in [1.807, 2.05) is 13.0 Å². The molecule has 31 heavy (non-hydrogen) atoms. The average molecular weight is 445 g/mol. The topological polar surface area (TPSA) is 122 Å². The Bertz CT molecular complexity index is 1020. The van der Waals surface area contributed by atoms with E-state index in [9.17, 15) is 19.2 Å². The van der Waals surface area contributed by atoms with Crippen LogP contribution in [0.3, 0.4) is 0 Å². The van der Waals surface area contributed by atoms with Gasteiger partial charge in [-0.05, 0) is 31.4 Å². The number of hydrogen-bond donors (Lipinski definition) is 3. The second kappa shape index (κ2) is 7.03. The minimum Gasteiger partial charge on any atom is -0.370 e. The summed E-state index contributed by atoms with van der Waals surface area (Å²) in [7, 11) is 0. The molecule has 2 saturated heterocycles. The van der Waals surface area contributed by atoms with E-state index in [4.69, 9.17) is 17.3 Å². The summed E-state index contributed by atoms with van der Waals surface area (Å²) in [5, 5.41) is 6.39. The van der Waals surface area contributed by atoms with Crippen LogP contribution in [0.4, 0.5) is 5.69 Å². The molecule has 5 rings (SSSR count). The number of aryl methyl sites for hydroxylation is 1. The summed E-state index contributed by atoms with van der Waals surface area (Å²) in [6.45, 7) is 1.85. The standard InChI is InChI=1S/C22H25ClN4O4/c1-10-7-12-18(13(23)8-10)25-21(31)22(12)17-16(14(26-22)9-15(24)28)19(29)27(20(17)30)11-5-3-2-4-6-11/h7-8,11,14,16-17,26H,2-6,9H2,1H3,(H2,24,28)(H,25,31)/t14-,16-,17+,22+/m1/s1. The number of primary amides is 1. The van der Waals surface area contributed by atoms with E-state index < -0.39 is 35.2 Å². The minimum atomic E-state index is -1.45. The van der Waals surface area contributed by atoms with Crippen molar-refractivity contribution in [1.29, 1.82) is 0 Å². The van der Waals surface area contributed by atoms with Gasteiger partial charge in [-0.1, -0.05) is 36.9 Å². The predicted octanol–water partition coefficient (Wildman–Crippen LogP) is 1.58. The third-order valence-corrected chi connectivity index (χ3v) is 7.61. The second-order valence-corrected chi connectivity index (χ2v) is 9.60. The number of likely N-dealkylation sites (tertiary alicyclic amines) is 1. The number of hydrogen-bond acceptors (Lipinski definition) is 5. The average Bonchev–Trinajstić information content (AvgIpc) is 3.28. The number of carbonyl (C=O) groups is 4. The smallest absolute Gasteiger partial charge is 0.250 e. The van der Waals surface area contributed by atoms with Gasteiger partial charge in [0.05, 0.1) is 22.5 Å². The normalized spacial score (nSPS) is 32.5. The van der Waals surface area contributed by atoms with Crippen LogP contribution in [0.15, 0.2) is 12.1 Å². The summed E-state index contributed by atoms with van der Waals surface area (Å²) in [4.78, 5) is 53.9. The number of rotatable bonds is 3. The number of benzene rings is 1. The Balaban J connectivity index is 1.65. The lowest BCUT2D eigenvalue weighted by Gasteiger charge is -2.33. The van der Waals surface area contributed by atoms with Gasteiger partial charge in [-0.3, -0.25) is 29.4 Å². The molecule has 0 radical (unpaired) electrons. The summed E-state index contributed by atoms with van der Waals surface area (Å²) in [6.07, 6.45) is 4.41. The number of amides is 4. The molecule has 4 amide bonds. The number of carbonyl (C=O) groups excluding carboxylic acids is 4. The molecular weight excluding hydrogens is 420 g/mol. The van der Waals surface area contributed by atoms with Crippen molar-refractivity contribution in [1.82, 2.24) is 10.2 Å². The zero-order valence-corrected chi connectivity index (χ0v) is 18.0. The highest BCUT2D eigenvalue weighted by molar-refractivity contribution is 6.35. The lowest BCUT2D eigenvalue weighted by atomic mass is 9.76. The Kier molecular flexibility index (Phi) is 4.64. The molecule has 1 aromatic rings. The van der Waals surface area contributed by atoms with Crippen molar-refractivity contribution in [3.05, 3.63) is 28.3 Å². The van der Waals surface area contributed by atoms with Crippen molar-refractivity contribution in [2.45, 2.75) is 63.1 Å². The Morgan fingerprint density at radius 1 is 1.19 bits per heavy atom. The summed E-state index contributed by atoms with van der Waals surface area (Å²) in [5.74, 6) is -3.43. The number of anilines is 1. The van der Waals surface area contributed by atoms with Gasteiger partial charge in [0.1, 0.15) is 5.54 Å². The van der Waals surface area contributed by atoms with Crippen LogP contribution in [0.1, 0.15) is 49.7 Å². The number of halogens is 1. The zero-order valence-electron chi connectivity index (χ0n) is 17.2. The van der Waals surface area contributed by atoms with E-state index in [-0.39, 0.29) is 24.3 Å². The van der Waals surface area contributed by atoms with Crippen molar-refractivity contribution in [2.75, 3.05) is 5.32 Å². The lowest BCUT2D eigenvalue weighted by molar-refractivity contribution is -0.146. The number of imide groups is 1. The third kappa shape index (κ3) is 2.77. The number of nitrogens with two attached hydrogens (primary N) is 1. The van der Waals surface area contributed by atoms with E-state index >= 15 is 0 Å². The first-order chi connectivity index (χ1) is 14.8. The number of fused-ring (bicyclic) bond motifs is 4. The van der Waals surface area contributed by atoms with Crippen LogP contribution in [0.5, 0.6) is 0 Å². The Hall–Kier alpha value is -2.45. The molecular formula is C22H25ClN4O4. The van der Waals surface area contributed by atoms with E-state index in [1.165, 1.54) is 4.90 Å². The molecule has 3 fully saturated rings. The third-order valence-electron chi connectivity index (χ3n) is 7.32. The highest BCUT2D eigenvalue weighted by atomic mass is 35.5. The van der Waals surface area contributed by atoms with Gasteiger partial charge in [-0.25, -0.2) is 0 Å². The van der Waals surface area contributed by atoms with Crippen LogP contribution < -0.4 is 16.4 Å². The van der Waals surface area contributed by atoms with Crippen LogP contribution >= 0.6 is 11.6 Å². The molecule has 1 saturated carbocycles. The van der Waals surface area contributed by atoms with Gasteiger partial charge in [0, 0.05) is 24.1 Å². The molecule has 3 heterocycles. The molecule has 9 heteroatoms. The Morgan fingerprint density at radius 2 is 1.90 bits per heavy atom. The first-order valence-corrected chi connectivity index (χ1v) is 11.2. The fourth-order valence-electron chi connectivity index (χ4n) is 6.11. The van der Waals surface area contributed by atoms with Gasteiger partial charge in [-0.2, -0.15) is 0 Å². The van der Waals surface area contributed by atoms with Crippen LogP contribution in [0.25, 0.3) is 0 Å². The summed E-state index contributed by atoms with van der Waals surface area (Å²) < 4.78 is 0. The molecule has 1 aromatic carbocycles. The molecule has 4 N–H and O–H groups in total. The Labute approximate surface area is 184 Å². The van der Waals surface area contributed by atoms with Crippen molar-refractivity contribution < 1.29 is 19.2 Å². The van der Waals surface area contributed by atoms with Crippen molar-refractivity contribution in [3.8, 4) is 0 Å². The van der Waals surface area contributed by atoms with Gasteiger partial charge >= 0.3 is 0 Å². The molecule has 0 aromatic heterocycles. The molecule has 3 aliphatic heterocycles. The molecule has 0 bridgehead atoms. The molecule has 8 nitrogen and oxygen atoms in total. The lowest BCUT2D eigenvalue weighted by Crippen LogP contribution is -2.54. The van der Waals surface area contributed by atoms with Crippen molar-refractivity contribution >= 4 is 40.9 Å². The van der Waals surface area contributed by atoms with Crippen LogP contribution in [-0.4, -0.2) is 40.6 Å². The maximum absolute atomic E-state index is 13.8. The molecule has 4 aliphatic rings. The summed E-state index contributed by atoms with van der Waals surface area (Å²) in [5.41, 5.74) is 5.84. The summed E-state index contributed by atoms with van der Waals surface area (Å²) >= 11 is 6.40. The molecule has 1 spiro atoms. The SMILES string of the molecule is Cc1cc(Cl)c2c(c1)[C@@]1(N[C@H](CC(N)=O)[C@H]3C(=O)N(C4CCCCC4)C(=O)[C@H]31)C(=O)N2. The quantitative estimate of drug-likeness (QED) is 0.611. The van der Waals surface area contributed by atoms with Crippen LogP contribution in [-0.2, 0) is 24.7 Å². The second-order valence-electron chi connectivity index (χ2n) is 9.19. The monoisotopic (exact) mass is 444 g/mol. The van der Waals surface area contributed by atoms with Gasteiger partial charge in [0.25, 0.3) is 0 Å². The number of nitrogens with one attached hydrogen (secondary N) is 2. The molecule has 4 atom stereocenters. The van der Waals surface area contributed by atoms with Gasteiger partial charge in [0.15, 0.2) is 0 Å². The van der Waals surface area contributed by atoms with Gasteiger partial charge in [-0.15, -0.1) is 0 Å². The maximum atomic E-state index is 13.8. The molecule has 0 unspecified atom stereocenters. The zero-order chi connectivity index (χ0) is 22.1. The predicted molar refractivity (Wildman–Crippen MR) is 113 cm³/mol. The maximum Gasteiger partial charge on any atom is 0.250 e. The van der Waals surface area contributed by atoms with E-state index in [0.29, 0.717) is 16.3 Å². The largest absolute Gasteiger partial charge is 0.370 e. The van der Waals surface area contributed by atoms with E-state index in [2.05, 4.69) is 10.6 Å². The highest BCUT2D eigenvalue weighted by Gasteiger charge is 2.71. The van der Waals surface area contributed by atoms with E-state index in [0.717, 1.165) is 37.7 Å². The highest BCUT2D eigenvalue weighted by Crippen LogP contribution is 2.55. The first-order valence-electron chi connectivity index (χ1n) is 10.8. The van der Waals surface area contributed by atoms with E-state index in [1.54, 1.807) is 6.07 Å². The van der Waals surface area contributed by atoms with Crippen molar-refractivity contribution in [2.24, 2.45) is 17.6 Å². The van der Waals surface area contributed by atoms with Crippen molar-refractivity contribution in [3.63, 3.8) is 0 Å². The Morgan fingerprint density at radius 3 is 2.58 bits per heavy atom. The van der Waals surface area contributed by atoms with Crippen LogP contribution in [0, 0.1) is 18.8 Å². The van der Waals surface area contributed by atoms with Crippen LogP contribution in [0.2, 0.25) is 5.02 Å². The minimum absolute atomic E-state index is 0.136. The molecule has 1 aliphatic carbocycles. The van der Waals surface area contributed by atoms with Gasteiger partial charge < -0.3 is 11.1 Å². The fraction of sp³-hybridized carbons (Fsp3) is 0.545. The van der Waals surface area contributed by atoms with Gasteiger partial charge in [0.2, 0.25) is 23.6 Å². The first kappa shape index (κ1) is 20.5. The summed E-state index contributed by atoms with van der Waals surface area (Å²) in [6, 6.07) is 2.69. The number of nitrogens with zero attached hydrogens (tertiary/aromatic N) is 1.